The molecule has 0 aliphatic rings. The van der Waals surface area contributed by atoms with Gasteiger partial charge in [-0.2, -0.15) is 0 Å². The molecule has 0 radical (unpaired) electrons. The summed E-state index contributed by atoms with van der Waals surface area (Å²) in [6.07, 6.45) is 0.123. The van der Waals surface area contributed by atoms with Crippen molar-refractivity contribution in [1.29, 1.82) is 0 Å². The number of hydrogen-bond acceptors (Lipinski definition) is 5. The summed E-state index contributed by atoms with van der Waals surface area (Å²) in [6.45, 7) is 0.243. The van der Waals surface area contributed by atoms with Crippen molar-refractivity contribution < 1.29 is 14.5 Å². The molecule has 0 aromatic heterocycles. The Morgan fingerprint density at radius 3 is 2.54 bits per heavy atom. The van der Waals surface area contributed by atoms with Gasteiger partial charge in [-0.1, -0.05) is 18.2 Å². The van der Waals surface area contributed by atoms with Crippen LogP contribution in [0, 0.1) is 10.1 Å². The number of nitro groups is 1. The van der Waals surface area contributed by atoms with E-state index in [4.69, 9.17) is 0 Å². The Morgan fingerprint density at radius 1 is 1.12 bits per heavy atom. The van der Waals surface area contributed by atoms with Crippen molar-refractivity contribution in [2.45, 2.75) is 6.42 Å². The second-order valence-electron chi connectivity index (χ2n) is 5.78. The fraction of sp³-hybridized carbons (Fsp3) is 0.222. The molecule has 0 atom stereocenters. The number of nitrogens with one attached hydrogen (secondary N) is 2. The molecule has 0 saturated heterocycles. The molecule has 2 aromatic carbocycles. The summed E-state index contributed by atoms with van der Waals surface area (Å²) in [4.78, 5) is 35.9. The van der Waals surface area contributed by atoms with E-state index >= 15 is 0 Å². The molecule has 136 valence electrons. The third-order valence-corrected chi connectivity index (χ3v) is 3.57. The van der Waals surface area contributed by atoms with Crippen LogP contribution < -0.4 is 10.6 Å². The van der Waals surface area contributed by atoms with E-state index in [1.54, 1.807) is 56.6 Å². The average Bonchev–Trinajstić information content (AvgIpc) is 2.61. The van der Waals surface area contributed by atoms with Crippen LogP contribution in [-0.2, 0) is 4.79 Å². The van der Waals surface area contributed by atoms with E-state index < -0.39 is 4.92 Å². The Kier molecular flexibility index (Phi) is 6.26. The van der Waals surface area contributed by atoms with Gasteiger partial charge in [0.25, 0.3) is 11.6 Å². The van der Waals surface area contributed by atoms with Gasteiger partial charge in [0.1, 0.15) is 5.69 Å². The first-order valence-electron chi connectivity index (χ1n) is 7.97. The summed E-state index contributed by atoms with van der Waals surface area (Å²) < 4.78 is 0. The SMILES string of the molecule is CN(C)C(=O)c1cccc(NC(=O)CCNc2ccccc2[N+](=O)[O-])c1. The predicted molar refractivity (Wildman–Crippen MR) is 99.3 cm³/mol. The van der Waals surface area contributed by atoms with Crippen molar-refractivity contribution in [3.63, 3.8) is 0 Å². The lowest BCUT2D eigenvalue weighted by Crippen LogP contribution is -2.22. The van der Waals surface area contributed by atoms with E-state index in [0.717, 1.165) is 0 Å². The van der Waals surface area contributed by atoms with Crippen LogP contribution >= 0.6 is 0 Å². The summed E-state index contributed by atoms with van der Waals surface area (Å²) in [6, 6.07) is 12.9. The van der Waals surface area contributed by atoms with Gasteiger partial charge in [-0.3, -0.25) is 19.7 Å². The molecule has 26 heavy (non-hydrogen) atoms. The molecule has 2 aromatic rings. The molecule has 8 heteroatoms. The zero-order chi connectivity index (χ0) is 19.1. The Balaban J connectivity index is 1.91. The monoisotopic (exact) mass is 356 g/mol. The third kappa shape index (κ3) is 5.04. The number of benzene rings is 2. The molecule has 0 heterocycles. The van der Waals surface area contributed by atoms with Gasteiger partial charge < -0.3 is 15.5 Å². The molecule has 0 spiro atoms. The molecular formula is C18H20N4O4. The lowest BCUT2D eigenvalue weighted by atomic mass is 10.2. The molecule has 0 saturated carbocycles. The van der Waals surface area contributed by atoms with Crippen molar-refractivity contribution in [2.75, 3.05) is 31.3 Å². The van der Waals surface area contributed by atoms with Crippen LogP contribution in [0.3, 0.4) is 0 Å². The van der Waals surface area contributed by atoms with Gasteiger partial charge in [0.2, 0.25) is 5.91 Å². The van der Waals surface area contributed by atoms with Crippen LogP contribution in [0.25, 0.3) is 0 Å². The van der Waals surface area contributed by atoms with Crippen LogP contribution in [-0.4, -0.2) is 42.3 Å². The number of hydrogen-bond donors (Lipinski definition) is 2. The Bertz CT molecular complexity index is 820. The van der Waals surface area contributed by atoms with Gasteiger partial charge in [-0.05, 0) is 24.3 Å². The van der Waals surface area contributed by atoms with E-state index in [9.17, 15) is 19.7 Å². The maximum Gasteiger partial charge on any atom is 0.292 e. The lowest BCUT2D eigenvalue weighted by Gasteiger charge is -2.12. The molecule has 2 N–H and O–H groups in total. The lowest BCUT2D eigenvalue weighted by molar-refractivity contribution is -0.384. The largest absolute Gasteiger partial charge is 0.379 e. The number of nitrogens with zero attached hydrogens (tertiary/aromatic N) is 2. The van der Waals surface area contributed by atoms with Crippen LogP contribution in [0.1, 0.15) is 16.8 Å². The number of carbonyl (C=O) groups excluding carboxylic acids is 2. The number of nitro benzene ring substituents is 1. The summed E-state index contributed by atoms with van der Waals surface area (Å²) in [5, 5.41) is 16.6. The normalized spacial score (nSPS) is 10.1. The highest BCUT2D eigenvalue weighted by Crippen LogP contribution is 2.23. The number of para-hydroxylation sites is 2. The van der Waals surface area contributed by atoms with Crippen LogP contribution in [0.15, 0.2) is 48.5 Å². The first-order valence-corrected chi connectivity index (χ1v) is 7.97. The fourth-order valence-corrected chi connectivity index (χ4v) is 2.30. The minimum Gasteiger partial charge on any atom is -0.379 e. The van der Waals surface area contributed by atoms with E-state index in [1.165, 1.54) is 11.0 Å². The van der Waals surface area contributed by atoms with E-state index in [0.29, 0.717) is 16.9 Å². The van der Waals surface area contributed by atoms with Gasteiger partial charge in [0.15, 0.2) is 0 Å². The van der Waals surface area contributed by atoms with E-state index in [2.05, 4.69) is 10.6 Å². The molecule has 2 rings (SSSR count). The molecule has 0 aliphatic carbocycles. The van der Waals surface area contributed by atoms with Crippen molar-refractivity contribution in [2.24, 2.45) is 0 Å². The highest BCUT2D eigenvalue weighted by molar-refractivity contribution is 5.97. The molecule has 0 bridgehead atoms. The number of anilines is 2. The van der Waals surface area contributed by atoms with Gasteiger partial charge >= 0.3 is 0 Å². The maximum atomic E-state index is 12.1. The van der Waals surface area contributed by atoms with Gasteiger partial charge in [0.05, 0.1) is 4.92 Å². The molecular weight excluding hydrogens is 336 g/mol. The quantitative estimate of drug-likeness (QED) is 0.586. The number of carbonyl (C=O) groups is 2. The summed E-state index contributed by atoms with van der Waals surface area (Å²) in [7, 11) is 3.31. The van der Waals surface area contributed by atoms with E-state index in [-0.39, 0.29) is 30.5 Å². The van der Waals surface area contributed by atoms with Gasteiger partial charge in [-0.25, -0.2) is 0 Å². The minimum absolute atomic E-state index is 0.0391. The number of amides is 2. The topological polar surface area (TPSA) is 105 Å². The third-order valence-electron chi connectivity index (χ3n) is 3.57. The van der Waals surface area contributed by atoms with Crippen molar-refractivity contribution in [3.8, 4) is 0 Å². The molecule has 0 fully saturated rings. The zero-order valence-electron chi connectivity index (χ0n) is 14.6. The van der Waals surface area contributed by atoms with Gasteiger partial charge in [0, 0.05) is 44.4 Å². The minimum atomic E-state index is -0.477. The molecule has 2 amide bonds. The second kappa shape index (κ2) is 8.61. The van der Waals surface area contributed by atoms with E-state index in [1.807, 2.05) is 0 Å². The predicted octanol–water partition coefficient (Wildman–Crippen LogP) is 2.74. The number of rotatable bonds is 7. The molecule has 0 aliphatic heterocycles. The van der Waals surface area contributed by atoms with Crippen LogP contribution in [0.2, 0.25) is 0 Å². The second-order valence-corrected chi connectivity index (χ2v) is 5.78. The first kappa shape index (κ1) is 18.9. The molecule has 0 unspecified atom stereocenters. The van der Waals surface area contributed by atoms with Gasteiger partial charge in [-0.15, -0.1) is 0 Å². The zero-order valence-corrected chi connectivity index (χ0v) is 14.6. The van der Waals surface area contributed by atoms with Crippen LogP contribution in [0.5, 0.6) is 0 Å². The fourth-order valence-electron chi connectivity index (χ4n) is 2.30. The Labute approximate surface area is 151 Å². The highest BCUT2D eigenvalue weighted by atomic mass is 16.6. The maximum absolute atomic E-state index is 12.1. The van der Waals surface area contributed by atoms with Crippen molar-refractivity contribution in [3.05, 3.63) is 64.2 Å². The Hall–Kier alpha value is -3.42. The summed E-state index contributed by atoms with van der Waals surface area (Å²) >= 11 is 0. The summed E-state index contributed by atoms with van der Waals surface area (Å²) in [5.74, 6) is -0.412. The van der Waals surface area contributed by atoms with Crippen molar-refractivity contribution >= 4 is 28.9 Å². The smallest absolute Gasteiger partial charge is 0.292 e. The standard InChI is InChI=1S/C18H20N4O4/c1-21(2)18(24)13-6-5-7-14(12-13)20-17(23)10-11-19-15-8-3-4-9-16(15)22(25)26/h3-9,12,19H,10-11H2,1-2H3,(H,20,23). The first-order chi connectivity index (χ1) is 12.4. The molecule has 8 nitrogen and oxygen atoms in total. The summed E-state index contributed by atoms with van der Waals surface area (Å²) in [5.41, 5.74) is 1.32. The van der Waals surface area contributed by atoms with Crippen molar-refractivity contribution in [1.82, 2.24) is 4.90 Å². The Morgan fingerprint density at radius 2 is 1.85 bits per heavy atom. The highest BCUT2D eigenvalue weighted by Gasteiger charge is 2.13. The average molecular weight is 356 g/mol. The van der Waals surface area contributed by atoms with Crippen LogP contribution in [0.4, 0.5) is 17.1 Å².